The Balaban J connectivity index is 1.77. The molecule has 1 nitrogen and oxygen atoms in total. The van der Waals surface area contributed by atoms with Crippen molar-refractivity contribution in [2.24, 2.45) is 17.8 Å². The molecular formula is C15H16F3N. The van der Waals surface area contributed by atoms with E-state index in [4.69, 9.17) is 0 Å². The molecule has 2 bridgehead atoms. The molecule has 4 heteroatoms. The fourth-order valence-electron chi connectivity index (χ4n) is 3.41. The molecule has 0 spiro atoms. The van der Waals surface area contributed by atoms with Crippen molar-refractivity contribution in [2.75, 3.05) is 5.32 Å². The van der Waals surface area contributed by atoms with Crippen LogP contribution in [0, 0.1) is 35.2 Å². The van der Waals surface area contributed by atoms with E-state index in [1.54, 1.807) is 0 Å². The number of allylic oxidation sites excluding steroid dienone is 2. The van der Waals surface area contributed by atoms with Crippen LogP contribution >= 0.6 is 0 Å². The van der Waals surface area contributed by atoms with Crippen molar-refractivity contribution < 1.29 is 13.2 Å². The average Bonchev–Trinajstić information content (AvgIpc) is 2.95. The Bertz CT molecular complexity index is 503. The first kappa shape index (κ1) is 12.6. The van der Waals surface area contributed by atoms with E-state index < -0.39 is 17.5 Å². The number of benzene rings is 1. The van der Waals surface area contributed by atoms with Crippen molar-refractivity contribution in [1.29, 1.82) is 0 Å². The van der Waals surface area contributed by atoms with E-state index in [2.05, 4.69) is 17.5 Å². The molecule has 1 fully saturated rings. The Labute approximate surface area is 110 Å². The number of halogens is 3. The van der Waals surface area contributed by atoms with Gasteiger partial charge in [0.25, 0.3) is 0 Å². The zero-order valence-electron chi connectivity index (χ0n) is 10.7. The molecule has 4 unspecified atom stereocenters. The zero-order chi connectivity index (χ0) is 13.6. The van der Waals surface area contributed by atoms with E-state index in [9.17, 15) is 13.2 Å². The SMILES string of the molecule is CC(Nc1c(F)cc(F)cc1F)C1CC2C=CC1C2. The van der Waals surface area contributed by atoms with Crippen LogP contribution in [0.5, 0.6) is 0 Å². The average molecular weight is 267 g/mol. The number of anilines is 1. The highest BCUT2D eigenvalue weighted by Crippen LogP contribution is 2.45. The molecule has 0 heterocycles. The summed E-state index contributed by atoms with van der Waals surface area (Å²) in [5.74, 6) is -1.14. The van der Waals surface area contributed by atoms with Gasteiger partial charge in [-0.05, 0) is 37.5 Å². The Hall–Kier alpha value is -1.45. The Morgan fingerprint density at radius 2 is 1.79 bits per heavy atom. The minimum Gasteiger partial charge on any atom is -0.378 e. The Morgan fingerprint density at radius 1 is 1.11 bits per heavy atom. The summed E-state index contributed by atoms with van der Waals surface area (Å²) in [5, 5.41) is 2.88. The summed E-state index contributed by atoms with van der Waals surface area (Å²) in [4.78, 5) is 0. The maximum Gasteiger partial charge on any atom is 0.152 e. The van der Waals surface area contributed by atoms with Crippen LogP contribution in [0.25, 0.3) is 0 Å². The van der Waals surface area contributed by atoms with E-state index in [1.807, 2.05) is 6.92 Å². The highest BCUT2D eigenvalue weighted by atomic mass is 19.1. The second-order valence-corrected chi connectivity index (χ2v) is 5.62. The molecule has 1 N–H and O–H groups in total. The molecule has 0 amide bonds. The quantitative estimate of drug-likeness (QED) is 0.812. The van der Waals surface area contributed by atoms with Gasteiger partial charge in [0.15, 0.2) is 11.6 Å². The molecular weight excluding hydrogens is 251 g/mol. The van der Waals surface area contributed by atoms with Gasteiger partial charge in [-0.15, -0.1) is 0 Å². The van der Waals surface area contributed by atoms with Crippen molar-refractivity contribution in [1.82, 2.24) is 0 Å². The fourth-order valence-corrected chi connectivity index (χ4v) is 3.41. The molecule has 1 aromatic carbocycles. The number of fused-ring (bicyclic) bond motifs is 2. The van der Waals surface area contributed by atoms with Gasteiger partial charge in [0, 0.05) is 18.2 Å². The highest BCUT2D eigenvalue weighted by Gasteiger charge is 2.38. The molecule has 0 saturated heterocycles. The van der Waals surface area contributed by atoms with E-state index in [0.717, 1.165) is 12.8 Å². The molecule has 1 aromatic rings. The lowest BCUT2D eigenvalue weighted by atomic mass is 9.87. The predicted octanol–water partition coefficient (Wildman–Crippen LogP) is 4.12. The van der Waals surface area contributed by atoms with Crippen LogP contribution in [0.4, 0.5) is 18.9 Å². The third-order valence-corrected chi connectivity index (χ3v) is 4.35. The first-order chi connectivity index (χ1) is 9.04. The summed E-state index contributed by atoms with van der Waals surface area (Å²) in [6, 6.07) is 1.38. The first-order valence-corrected chi connectivity index (χ1v) is 6.64. The zero-order valence-corrected chi connectivity index (χ0v) is 10.7. The molecule has 3 rings (SSSR count). The lowest BCUT2D eigenvalue weighted by Gasteiger charge is -2.27. The third-order valence-electron chi connectivity index (χ3n) is 4.35. The summed E-state index contributed by atoms with van der Waals surface area (Å²) in [6.07, 6.45) is 6.63. The number of nitrogens with one attached hydrogen (secondary N) is 1. The topological polar surface area (TPSA) is 12.0 Å². The van der Waals surface area contributed by atoms with Crippen molar-refractivity contribution in [3.05, 3.63) is 41.7 Å². The molecule has 19 heavy (non-hydrogen) atoms. The lowest BCUT2D eigenvalue weighted by Crippen LogP contribution is -2.29. The van der Waals surface area contributed by atoms with Gasteiger partial charge in [0.1, 0.15) is 11.5 Å². The number of hydrogen-bond acceptors (Lipinski definition) is 1. The van der Waals surface area contributed by atoms with Crippen molar-refractivity contribution in [3.63, 3.8) is 0 Å². The maximum absolute atomic E-state index is 13.6. The van der Waals surface area contributed by atoms with Gasteiger partial charge in [-0.1, -0.05) is 12.2 Å². The summed E-state index contributed by atoms with van der Waals surface area (Å²) in [5.41, 5.74) is -0.222. The molecule has 4 atom stereocenters. The van der Waals surface area contributed by atoms with Crippen molar-refractivity contribution in [2.45, 2.75) is 25.8 Å². The van der Waals surface area contributed by atoms with E-state index in [1.165, 1.54) is 0 Å². The van der Waals surface area contributed by atoms with E-state index in [-0.39, 0.29) is 11.7 Å². The summed E-state index contributed by atoms with van der Waals surface area (Å²) < 4.78 is 40.0. The summed E-state index contributed by atoms with van der Waals surface area (Å²) >= 11 is 0. The second-order valence-electron chi connectivity index (χ2n) is 5.62. The molecule has 2 aliphatic rings. The van der Waals surface area contributed by atoms with Crippen LogP contribution in [-0.4, -0.2) is 6.04 Å². The van der Waals surface area contributed by atoms with Gasteiger partial charge in [-0.2, -0.15) is 0 Å². The van der Waals surface area contributed by atoms with Gasteiger partial charge in [0.2, 0.25) is 0 Å². The van der Waals surface area contributed by atoms with E-state index >= 15 is 0 Å². The highest BCUT2D eigenvalue weighted by molar-refractivity contribution is 5.47. The van der Waals surface area contributed by atoms with Crippen LogP contribution < -0.4 is 5.32 Å². The molecule has 1 saturated carbocycles. The largest absolute Gasteiger partial charge is 0.378 e. The standard InChI is InChI=1S/C15H16F3N/c1-8(12-5-9-2-3-10(12)4-9)19-15-13(17)6-11(16)7-14(15)18/h2-3,6-10,12,19H,4-5H2,1H3. The molecule has 0 aromatic heterocycles. The number of hydrogen-bond donors (Lipinski definition) is 1. The third kappa shape index (κ3) is 2.24. The predicted molar refractivity (Wildman–Crippen MR) is 68.2 cm³/mol. The van der Waals surface area contributed by atoms with Gasteiger partial charge < -0.3 is 5.32 Å². The van der Waals surface area contributed by atoms with Crippen molar-refractivity contribution >= 4 is 5.69 Å². The summed E-state index contributed by atoms with van der Waals surface area (Å²) in [7, 11) is 0. The van der Waals surface area contributed by atoms with Crippen LogP contribution in [0.15, 0.2) is 24.3 Å². The van der Waals surface area contributed by atoms with Crippen LogP contribution in [0.2, 0.25) is 0 Å². The van der Waals surface area contributed by atoms with Gasteiger partial charge in [-0.3, -0.25) is 0 Å². The number of rotatable bonds is 3. The second kappa shape index (κ2) is 4.58. The molecule has 0 radical (unpaired) electrons. The fraction of sp³-hybridized carbons (Fsp3) is 0.467. The first-order valence-electron chi connectivity index (χ1n) is 6.64. The maximum atomic E-state index is 13.6. The minimum absolute atomic E-state index is 0.0330. The van der Waals surface area contributed by atoms with Gasteiger partial charge in [0.05, 0.1) is 0 Å². The normalized spacial score (nSPS) is 29.8. The van der Waals surface area contributed by atoms with Crippen LogP contribution in [0.1, 0.15) is 19.8 Å². The van der Waals surface area contributed by atoms with Crippen LogP contribution in [-0.2, 0) is 0 Å². The monoisotopic (exact) mass is 267 g/mol. The Kier molecular flexibility index (Phi) is 3.03. The smallest absolute Gasteiger partial charge is 0.152 e. The molecule has 102 valence electrons. The lowest BCUT2D eigenvalue weighted by molar-refractivity contribution is 0.397. The Morgan fingerprint density at radius 3 is 2.32 bits per heavy atom. The van der Waals surface area contributed by atoms with E-state index in [0.29, 0.717) is 29.9 Å². The minimum atomic E-state index is -0.893. The van der Waals surface area contributed by atoms with Gasteiger partial charge >= 0.3 is 0 Å². The van der Waals surface area contributed by atoms with Crippen molar-refractivity contribution in [3.8, 4) is 0 Å². The van der Waals surface area contributed by atoms with Gasteiger partial charge in [-0.25, -0.2) is 13.2 Å². The summed E-state index contributed by atoms with van der Waals surface area (Å²) in [6.45, 7) is 1.93. The molecule has 2 aliphatic carbocycles. The van der Waals surface area contributed by atoms with Crippen LogP contribution in [0.3, 0.4) is 0 Å². The molecule has 0 aliphatic heterocycles.